The Kier molecular flexibility index (Phi) is 3.38. The monoisotopic (exact) mass is 269 g/mol. The number of aliphatic carboxylic acids is 1. The second-order valence-electron chi connectivity index (χ2n) is 5.57. The van der Waals surface area contributed by atoms with Crippen LogP contribution in [0.1, 0.15) is 26.2 Å². The Labute approximate surface area is 111 Å². The average Bonchev–Trinajstić information content (AvgIpc) is 2.95. The fourth-order valence-electron chi connectivity index (χ4n) is 2.76. The highest BCUT2D eigenvalue weighted by molar-refractivity contribution is 5.86. The Hall–Kier alpha value is -1.79. The molecule has 2 aliphatic rings. The molecular formula is C12H19N3O4. The number of urea groups is 1. The van der Waals surface area contributed by atoms with E-state index in [0.29, 0.717) is 32.4 Å². The Morgan fingerprint density at radius 3 is 2.53 bits per heavy atom. The van der Waals surface area contributed by atoms with Crippen molar-refractivity contribution < 1.29 is 19.5 Å². The first-order valence-electron chi connectivity index (χ1n) is 6.43. The minimum atomic E-state index is -0.970. The van der Waals surface area contributed by atoms with E-state index in [2.05, 4.69) is 0 Å². The quantitative estimate of drug-likeness (QED) is 0.727. The molecule has 7 heteroatoms. The number of nitrogens with two attached hydrogens (primary N) is 1. The molecule has 0 spiro atoms. The summed E-state index contributed by atoms with van der Waals surface area (Å²) in [6.07, 6.45) is 1.71. The molecule has 3 amide bonds. The molecule has 2 saturated heterocycles. The number of hydrogen-bond donors (Lipinski definition) is 2. The Balaban J connectivity index is 2.06. The first-order valence-corrected chi connectivity index (χ1v) is 6.43. The first kappa shape index (κ1) is 13.6. The van der Waals surface area contributed by atoms with Crippen LogP contribution in [0.5, 0.6) is 0 Å². The molecule has 0 radical (unpaired) electrons. The number of carbonyl (C=O) groups excluding carboxylic acids is 2. The summed E-state index contributed by atoms with van der Waals surface area (Å²) < 4.78 is 0. The zero-order chi connectivity index (χ0) is 14.2. The largest absolute Gasteiger partial charge is 0.480 e. The van der Waals surface area contributed by atoms with Crippen molar-refractivity contribution in [1.82, 2.24) is 9.80 Å². The van der Waals surface area contributed by atoms with Gasteiger partial charge in [-0.05, 0) is 26.2 Å². The molecule has 0 aliphatic carbocycles. The molecule has 2 fully saturated rings. The van der Waals surface area contributed by atoms with Crippen LogP contribution < -0.4 is 5.73 Å². The van der Waals surface area contributed by atoms with Crippen LogP contribution in [0.2, 0.25) is 0 Å². The summed E-state index contributed by atoms with van der Waals surface area (Å²) in [5, 5.41) is 9.08. The maximum atomic E-state index is 12.3. The van der Waals surface area contributed by atoms with Crippen molar-refractivity contribution in [3.8, 4) is 0 Å². The van der Waals surface area contributed by atoms with Gasteiger partial charge in [-0.2, -0.15) is 0 Å². The van der Waals surface area contributed by atoms with E-state index in [9.17, 15) is 14.4 Å². The van der Waals surface area contributed by atoms with E-state index in [1.54, 1.807) is 6.92 Å². The van der Waals surface area contributed by atoms with E-state index in [1.165, 1.54) is 9.80 Å². The SMILES string of the molecule is CC1(C(N)=O)CCN(C(=O)N2CCCC2C(=O)O)C1. The molecular weight excluding hydrogens is 250 g/mol. The van der Waals surface area contributed by atoms with Gasteiger partial charge in [0, 0.05) is 19.6 Å². The number of hydrogen-bond acceptors (Lipinski definition) is 3. The number of primary amides is 1. The van der Waals surface area contributed by atoms with Gasteiger partial charge in [-0.15, -0.1) is 0 Å². The molecule has 19 heavy (non-hydrogen) atoms. The Morgan fingerprint density at radius 1 is 1.32 bits per heavy atom. The fraction of sp³-hybridized carbons (Fsp3) is 0.750. The van der Waals surface area contributed by atoms with Gasteiger partial charge < -0.3 is 20.6 Å². The number of likely N-dealkylation sites (tertiary alicyclic amines) is 2. The van der Waals surface area contributed by atoms with Gasteiger partial charge in [0.25, 0.3) is 0 Å². The lowest BCUT2D eigenvalue weighted by atomic mass is 9.89. The third-order valence-corrected chi connectivity index (χ3v) is 4.12. The molecule has 0 aromatic rings. The maximum absolute atomic E-state index is 12.3. The zero-order valence-electron chi connectivity index (χ0n) is 11.0. The van der Waals surface area contributed by atoms with E-state index >= 15 is 0 Å². The van der Waals surface area contributed by atoms with Crippen molar-refractivity contribution in [2.24, 2.45) is 11.1 Å². The molecule has 0 aromatic heterocycles. The molecule has 0 aromatic carbocycles. The lowest BCUT2D eigenvalue weighted by molar-refractivity contribution is -0.141. The summed E-state index contributed by atoms with van der Waals surface area (Å²) in [5.41, 5.74) is 4.64. The minimum Gasteiger partial charge on any atom is -0.480 e. The number of amides is 3. The number of rotatable bonds is 2. The number of nitrogens with zero attached hydrogens (tertiary/aromatic N) is 2. The second kappa shape index (κ2) is 4.71. The van der Waals surface area contributed by atoms with Gasteiger partial charge in [0.1, 0.15) is 6.04 Å². The highest BCUT2D eigenvalue weighted by Crippen LogP contribution is 2.31. The molecule has 106 valence electrons. The molecule has 2 unspecified atom stereocenters. The normalized spacial score (nSPS) is 30.7. The van der Waals surface area contributed by atoms with E-state index < -0.39 is 23.3 Å². The van der Waals surface area contributed by atoms with E-state index in [1.807, 2.05) is 0 Å². The van der Waals surface area contributed by atoms with Crippen molar-refractivity contribution in [2.75, 3.05) is 19.6 Å². The third-order valence-electron chi connectivity index (χ3n) is 4.12. The van der Waals surface area contributed by atoms with Crippen LogP contribution in [0, 0.1) is 5.41 Å². The standard InChI is InChI=1S/C12H19N3O4/c1-12(10(13)18)4-6-14(7-12)11(19)15-5-2-3-8(15)9(16)17/h8H,2-7H2,1H3,(H2,13,18)(H,16,17). The summed E-state index contributed by atoms with van der Waals surface area (Å²) in [7, 11) is 0. The number of carbonyl (C=O) groups is 3. The number of carboxylic acids is 1. The highest BCUT2D eigenvalue weighted by atomic mass is 16.4. The molecule has 3 N–H and O–H groups in total. The van der Waals surface area contributed by atoms with Gasteiger partial charge >= 0.3 is 12.0 Å². The van der Waals surface area contributed by atoms with Crippen LogP contribution in [0.25, 0.3) is 0 Å². The van der Waals surface area contributed by atoms with Crippen LogP contribution in [0.3, 0.4) is 0 Å². The van der Waals surface area contributed by atoms with Gasteiger partial charge in [0.15, 0.2) is 0 Å². The van der Waals surface area contributed by atoms with Gasteiger partial charge in [-0.25, -0.2) is 9.59 Å². The van der Waals surface area contributed by atoms with Gasteiger partial charge in [0.05, 0.1) is 5.41 Å². The van der Waals surface area contributed by atoms with Crippen LogP contribution in [-0.4, -0.2) is 58.5 Å². The minimum absolute atomic E-state index is 0.268. The number of carboxylic acid groups (broad SMARTS) is 1. The summed E-state index contributed by atoms with van der Waals surface area (Å²) in [5.74, 6) is -1.39. The Bertz CT molecular complexity index is 425. The topological polar surface area (TPSA) is 104 Å². The predicted molar refractivity (Wildman–Crippen MR) is 66.3 cm³/mol. The average molecular weight is 269 g/mol. The van der Waals surface area contributed by atoms with Crippen molar-refractivity contribution in [3.63, 3.8) is 0 Å². The summed E-state index contributed by atoms with van der Waals surface area (Å²) >= 11 is 0. The molecule has 2 heterocycles. The molecule has 0 saturated carbocycles. The van der Waals surface area contributed by atoms with Crippen molar-refractivity contribution in [3.05, 3.63) is 0 Å². The predicted octanol–water partition coefficient (Wildman–Crippen LogP) is -0.147. The highest BCUT2D eigenvalue weighted by Gasteiger charge is 2.44. The van der Waals surface area contributed by atoms with Gasteiger partial charge in [-0.1, -0.05) is 0 Å². The molecule has 2 aliphatic heterocycles. The third kappa shape index (κ3) is 2.36. The summed E-state index contributed by atoms with van der Waals surface area (Å²) in [6, 6.07) is -1.04. The van der Waals surface area contributed by atoms with Crippen molar-refractivity contribution >= 4 is 17.9 Å². The second-order valence-corrected chi connectivity index (χ2v) is 5.57. The Morgan fingerprint density at radius 2 is 2.00 bits per heavy atom. The van der Waals surface area contributed by atoms with E-state index in [4.69, 9.17) is 10.8 Å². The maximum Gasteiger partial charge on any atom is 0.326 e. The van der Waals surface area contributed by atoms with Crippen LogP contribution in [-0.2, 0) is 9.59 Å². The zero-order valence-corrected chi connectivity index (χ0v) is 11.0. The molecule has 2 rings (SSSR count). The van der Waals surface area contributed by atoms with E-state index in [0.717, 1.165) is 0 Å². The van der Waals surface area contributed by atoms with Crippen molar-refractivity contribution in [2.45, 2.75) is 32.2 Å². The fourth-order valence-corrected chi connectivity index (χ4v) is 2.76. The van der Waals surface area contributed by atoms with Crippen LogP contribution >= 0.6 is 0 Å². The van der Waals surface area contributed by atoms with Gasteiger partial charge in [0.2, 0.25) is 5.91 Å². The molecule has 0 bridgehead atoms. The summed E-state index contributed by atoms with van der Waals surface area (Å²) in [6.45, 7) is 2.91. The lowest BCUT2D eigenvalue weighted by Crippen LogP contribution is -2.48. The van der Waals surface area contributed by atoms with Gasteiger partial charge in [-0.3, -0.25) is 4.79 Å². The van der Waals surface area contributed by atoms with Crippen LogP contribution in [0.4, 0.5) is 4.79 Å². The first-order chi connectivity index (χ1) is 8.85. The van der Waals surface area contributed by atoms with E-state index in [-0.39, 0.29) is 12.6 Å². The molecule has 7 nitrogen and oxygen atoms in total. The molecule has 2 atom stereocenters. The van der Waals surface area contributed by atoms with Crippen LogP contribution in [0.15, 0.2) is 0 Å². The lowest BCUT2D eigenvalue weighted by Gasteiger charge is -2.28. The summed E-state index contributed by atoms with van der Waals surface area (Å²) in [4.78, 5) is 37.7. The van der Waals surface area contributed by atoms with Crippen molar-refractivity contribution in [1.29, 1.82) is 0 Å². The smallest absolute Gasteiger partial charge is 0.326 e.